The largest absolute Gasteiger partial charge is 0.490 e. The SMILES string of the molecule is CCOc1ccc(CCC(=O)OC)c(OCC)c1OCC. The van der Waals surface area contributed by atoms with Crippen molar-refractivity contribution in [1.29, 1.82) is 0 Å². The zero-order chi connectivity index (χ0) is 15.7. The highest BCUT2D eigenvalue weighted by atomic mass is 16.5. The van der Waals surface area contributed by atoms with Crippen LogP contribution in [0.15, 0.2) is 12.1 Å². The Morgan fingerprint density at radius 3 is 2.14 bits per heavy atom. The van der Waals surface area contributed by atoms with Gasteiger partial charge in [0.15, 0.2) is 11.5 Å². The van der Waals surface area contributed by atoms with Gasteiger partial charge in [0, 0.05) is 6.42 Å². The molecule has 0 amide bonds. The van der Waals surface area contributed by atoms with Crippen LogP contribution in [-0.4, -0.2) is 32.9 Å². The van der Waals surface area contributed by atoms with E-state index in [1.165, 1.54) is 7.11 Å². The Kier molecular flexibility index (Phi) is 7.43. The third-order valence-electron chi connectivity index (χ3n) is 2.86. The Morgan fingerprint density at radius 2 is 1.57 bits per heavy atom. The topological polar surface area (TPSA) is 54.0 Å². The maximum absolute atomic E-state index is 11.3. The number of hydrogen-bond acceptors (Lipinski definition) is 5. The average Bonchev–Trinajstić information content (AvgIpc) is 2.49. The van der Waals surface area contributed by atoms with Gasteiger partial charge in [-0.3, -0.25) is 4.79 Å². The highest BCUT2D eigenvalue weighted by Gasteiger charge is 2.18. The van der Waals surface area contributed by atoms with Crippen LogP contribution in [0.25, 0.3) is 0 Å². The van der Waals surface area contributed by atoms with Gasteiger partial charge in [-0.05, 0) is 38.8 Å². The van der Waals surface area contributed by atoms with Gasteiger partial charge in [-0.15, -0.1) is 0 Å². The fraction of sp³-hybridized carbons (Fsp3) is 0.562. The molecule has 0 aromatic heterocycles. The lowest BCUT2D eigenvalue weighted by Crippen LogP contribution is -2.07. The van der Waals surface area contributed by atoms with Gasteiger partial charge >= 0.3 is 5.97 Å². The average molecular weight is 296 g/mol. The quantitative estimate of drug-likeness (QED) is 0.656. The number of rotatable bonds is 9. The van der Waals surface area contributed by atoms with Gasteiger partial charge in [0.05, 0.1) is 26.9 Å². The zero-order valence-corrected chi connectivity index (χ0v) is 13.2. The normalized spacial score (nSPS) is 10.1. The van der Waals surface area contributed by atoms with Crippen molar-refractivity contribution >= 4 is 5.97 Å². The molecule has 0 saturated heterocycles. The van der Waals surface area contributed by atoms with E-state index in [0.717, 1.165) is 5.56 Å². The fourth-order valence-corrected chi connectivity index (χ4v) is 1.97. The fourth-order valence-electron chi connectivity index (χ4n) is 1.97. The lowest BCUT2D eigenvalue weighted by molar-refractivity contribution is -0.140. The van der Waals surface area contributed by atoms with Crippen LogP contribution in [0.4, 0.5) is 0 Å². The van der Waals surface area contributed by atoms with Crippen LogP contribution in [0, 0.1) is 0 Å². The van der Waals surface area contributed by atoms with E-state index in [0.29, 0.717) is 49.9 Å². The molecule has 5 heteroatoms. The molecule has 1 aromatic carbocycles. The van der Waals surface area contributed by atoms with E-state index in [9.17, 15) is 4.79 Å². The first kappa shape index (κ1) is 17.1. The number of methoxy groups -OCH3 is 1. The van der Waals surface area contributed by atoms with E-state index in [1.54, 1.807) is 0 Å². The summed E-state index contributed by atoms with van der Waals surface area (Å²) in [5.74, 6) is 1.66. The number of carbonyl (C=O) groups is 1. The molecule has 1 aromatic rings. The zero-order valence-electron chi connectivity index (χ0n) is 13.2. The standard InChI is InChI=1S/C16H24O5/c1-5-19-13-10-8-12(9-11-14(17)18-4)15(20-6-2)16(13)21-7-3/h8,10H,5-7,9,11H2,1-4H3. The second kappa shape index (κ2) is 9.10. The first-order chi connectivity index (χ1) is 10.2. The van der Waals surface area contributed by atoms with E-state index in [2.05, 4.69) is 4.74 Å². The molecule has 0 aliphatic rings. The van der Waals surface area contributed by atoms with E-state index in [-0.39, 0.29) is 5.97 Å². The van der Waals surface area contributed by atoms with Crippen molar-refractivity contribution in [3.63, 3.8) is 0 Å². The van der Waals surface area contributed by atoms with Crippen LogP contribution >= 0.6 is 0 Å². The summed E-state index contributed by atoms with van der Waals surface area (Å²) in [5.41, 5.74) is 0.911. The molecule has 118 valence electrons. The summed E-state index contributed by atoms with van der Waals surface area (Å²) in [6.07, 6.45) is 0.838. The van der Waals surface area contributed by atoms with Crippen LogP contribution in [0.2, 0.25) is 0 Å². The predicted octanol–water partition coefficient (Wildman–Crippen LogP) is 2.99. The van der Waals surface area contributed by atoms with Crippen LogP contribution in [-0.2, 0) is 16.0 Å². The molecule has 1 rings (SSSR count). The second-order valence-electron chi connectivity index (χ2n) is 4.26. The van der Waals surface area contributed by atoms with Crippen molar-refractivity contribution in [2.75, 3.05) is 26.9 Å². The number of benzene rings is 1. The van der Waals surface area contributed by atoms with Gasteiger partial charge in [0.2, 0.25) is 5.75 Å². The van der Waals surface area contributed by atoms with Crippen molar-refractivity contribution < 1.29 is 23.7 Å². The molecule has 0 bridgehead atoms. The molecule has 0 saturated carbocycles. The van der Waals surface area contributed by atoms with E-state index in [4.69, 9.17) is 14.2 Å². The Balaban J connectivity index is 3.11. The molecule has 0 atom stereocenters. The summed E-state index contributed by atoms with van der Waals surface area (Å²) in [5, 5.41) is 0. The maximum atomic E-state index is 11.3. The highest BCUT2D eigenvalue weighted by Crippen LogP contribution is 2.41. The summed E-state index contributed by atoms with van der Waals surface area (Å²) in [6, 6.07) is 3.76. The molecule has 0 unspecified atom stereocenters. The molecule has 0 heterocycles. The summed E-state index contributed by atoms with van der Waals surface area (Å²) in [4.78, 5) is 11.3. The monoisotopic (exact) mass is 296 g/mol. The second-order valence-corrected chi connectivity index (χ2v) is 4.26. The Hall–Kier alpha value is -1.91. The Morgan fingerprint density at radius 1 is 0.952 bits per heavy atom. The first-order valence-corrected chi connectivity index (χ1v) is 7.28. The first-order valence-electron chi connectivity index (χ1n) is 7.28. The van der Waals surface area contributed by atoms with E-state index in [1.807, 2.05) is 32.9 Å². The van der Waals surface area contributed by atoms with Crippen molar-refractivity contribution in [3.8, 4) is 17.2 Å². The number of carbonyl (C=O) groups excluding carboxylic acids is 1. The number of ether oxygens (including phenoxy) is 4. The van der Waals surface area contributed by atoms with Crippen molar-refractivity contribution in [3.05, 3.63) is 17.7 Å². The van der Waals surface area contributed by atoms with Gasteiger partial charge in [0.25, 0.3) is 0 Å². The predicted molar refractivity (Wildman–Crippen MR) is 80.3 cm³/mol. The Labute approximate surface area is 126 Å². The van der Waals surface area contributed by atoms with Crippen molar-refractivity contribution in [1.82, 2.24) is 0 Å². The van der Waals surface area contributed by atoms with Gasteiger partial charge in [-0.2, -0.15) is 0 Å². The molecule has 0 radical (unpaired) electrons. The van der Waals surface area contributed by atoms with Gasteiger partial charge in [-0.25, -0.2) is 0 Å². The molecular weight excluding hydrogens is 272 g/mol. The van der Waals surface area contributed by atoms with Crippen LogP contribution in [0.1, 0.15) is 32.8 Å². The third kappa shape index (κ3) is 4.85. The molecular formula is C16H24O5. The number of hydrogen-bond donors (Lipinski definition) is 0. The van der Waals surface area contributed by atoms with Gasteiger partial charge in [0.1, 0.15) is 0 Å². The molecule has 21 heavy (non-hydrogen) atoms. The smallest absolute Gasteiger partial charge is 0.305 e. The lowest BCUT2D eigenvalue weighted by Gasteiger charge is -2.18. The number of aryl methyl sites for hydroxylation is 1. The molecule has 0 fully saturated rings. The third-order valence-corrected chi connectivity index (χ3v) is 2.86. The summed E-state index contributed by atoms with van der Waals surface area (Å²) < 4.78 is 21.7. The molecule has 0 N–H and O–H groups in total. The minimum absolute atomic E-state index is 0.246. The van der Waals surface area contributed by atoms with E-state index >= 15 is 0 Å². The number of esters is 1. The van der Waals surface area contributed by atoms with Gasteiger partial charge < -0.3 is 18.9 Å². The summed E-state index contributed by atoms with van der Waals surface area (Å²) in [6.45, 7) is 7.32. The van der Waals surface area contributed by atoms with Gasteiger partial charge in [-0.1, -0.05) is 6.07 Å². The molecule has 0 aliphatic carbocycles. The molecule has 0 aliphatic heterocycles. The van der Waals surface area contributed by atoms with E-state index < -0.39 is 0 Å². The minimum atomic E-state index is -0.246. The molecule has 0 spiro atoms. The van der Waals surface area contributed by atoms with Crippen molar-refractivity contribution in [2.24, 2.45) is 0 Å². The summed E-state index contributed by atoms with van der Waals surface area (Å²) >= 11 is 0. The van der Waals surface area contributed by atoms with Crippen LogP contribution in [0.3, 0.4) is 0 Å². The molecule has 5 nitrogen and oxygen atoms in total. The maximum Gasteiger partial charge on any atom is 0.305 e. The summed E-state index contributed by atoms with van der Waals surface area (Å²) in [7, 11) is 1.38. The highest BCUT2D eigenvalue weighted by molar-refractivity contribution is 5.70. The van der Waals surface area contributed by atoms with Crippen molar-refractivity contribution in [2.45, 2.75) is 33.6 Å². The minimum Gasteiger partial charge on any atom is -0.490 e. The van der Waals surface area contributed by atoms with Crippen LogP contribution < -0.4 is 14.2 Å². The lowest BCUT2D eigenvalue weighted by atomic mass is 10.1. The van der Waals surface area contributed by atoms with Crippen LogP contribution in [0.5, 0.6) is 17.2 Å². The Bertz CT molecular complexity index is 456.